The van der Waals surface area contributed by atoms with Gasteiger partial charge in [0.1, 0.15) is 0 Å². The van der Waals surface area contributed by atoms with Gasteiger partial charge in [-0.2, -0.15) is 0 Å². The minimum Gasteiger partial charge on any atom is -0.410 e. The number of allylic oxidation sites excluding steroid dienone is 1. The van der Waals surface area contributed by atoms with E-state index in [2.05, 4.69) is 54.6 Å². The Hall–Kier alpha value is -0.453. The number of Topliss-reactive ketones (excluding diaryl/α,β-unsaturated/α-hetero) is 1. The number of carbonyl (C=O) groups is 1. The third-order valence-electron chi connectivity index (χ3n) is 8.07. The zero-order chi connectivity index (χ0) is 19.0. The Balaban J connectivity index is 1.97. The number of hydrogen-bond acceptors (Lipinski definition) is 3. The van der Waals surface area contributed by atoms with Crippen molar-refractivity contribution in [2.24, 2.45) is 16.7 Å². The van der Waals surface area contributed by atoms with Crippen LogP contribution < -0.4 is 0 Å². The van der Waals surface area contributed by atoms with Gasteiger partial charge in [-0.1, -0.05) is 47.1 Å². The Morgan fingerprint density at radius 1 is 1.20 bits per heavy atom. The third-order valence-corrected chi connectivity index (χ3v) is 12.6. The maximum absolute atomic E-state index is 13.1. The molecule has 1 saturated carbocycles. The summed E-state index contributed by atoms with van der Waals surface area (Å²) in [7, 11) is -1.91. The van der Waals surface area contributed by atoms with Gasteiger partial charge in [0.2, 0.25) is 0 Å². The second-order valence-electron chi connectivity index (χ2n) is 10.9. The van der Waals surface area contributed by atoms with Gasteiger partial charge in [0.25, 0.3) is 0 Å². The van der Waals surface area contributed by atoms with E-state index in [-0.39, 0.29) is 39.8 Å². The van der Waals surface area contributed by atoms with Gasteiger partial charge in [-0.15, -0.1) is 0 Å². The zero-order valence-corrected chi connectivity index (χ0v) is 18.3. The normalized spacial score (nSPS) is 38.1. The van der Waals surface area contributed by atoms with Gasteiger partial charge in [0, 0.05) is 12.0 Å². The average molecular weight is 365 g/mol. The fraction of sp³-hybridized carbons (Fsp3) is 0.857. The van der Waals surface area contributed by atoms with Crippen molar-refractivity contribution in [3.63, 3.8) is 0 Å². The number of hydrogen-bond donors (Lipinski definition) is 1. The van der Waals surface area contributed by atoms with E-state index in [1.165, 1.54) is 5.57 Å². The summed E-state index contributed by atoms with van der Waals surface area (Å²) >= 11 is 0. The quantitative estimate of drug-likeness (QED) is 0.712. The minimum absolute atomic E-state index is 0.0259. The Bertz CT molecular complexity index is 626. The molecule has 4 heteroatoms. The molecule has 4 atom stereocenters. The SMILES string of the molecule is CC1(C)[C@H](O)C[C@@]2(C)C3=C(C(=O)C[C@@H]12)[C@H](O[Si](C)(C)C(C)(C)C)CC3. The predicted molar refractivity (Wildman–Crippen MR) is 104 cm³/mol. The second kappa shape index (κ2) is 5.52. The summed E-state index contributed by atoms with van der Waals surface area (Å²) in [6.07, 6.45) is 2.88. The molecule has 0 bridgehead atoms. The molecule has 0 aliphatic heterocycles. The molecule has 3 aliphatic carbocycles. The molecule has 0 saturated heterocycles. The first-order valence-electron chi connectivity index (χ1n) is 9.84. The van der Waals surface area contributed by atoms with E-state index in [1.807, 2.05) is 0 Å². The fourth-order valence-corrected chi connectivity index (χ4v) is 6.62. The van der Waals surface area contributed by atoms with Gasteiger partial charge in [-0.25, -0.2) is 0 Å². The van der Waals surface area contributed by atoms with Gasteiger partial charge in [-0.3, -0.25) is 4.79 Å². The minimum atomic E-state index is -1.91. The molecule has 142 valence electrons. The average Bonchev–Trinajstić information content (AvgIpc) is 2.92. The van der Waals surface area contributed by atoms with Crippen LogP contribution in [0.3, 0.4) is 0 Å². The van der Waals surface area contributed by atoms with Crippen LogP contribution >= 0.6 is 0 Å². The first-order chi connectivity index (χ1) is 11.2. The first-order valence-corrected chi connectivity index (χ1v) is 12.8. The standard InChI is InChI=1S/C21H36O3Si/c1-19(2,3)25(7,8)24-15-10-9-13-18(15)14(22)11-16-20(4,5)17(23)12-21(13,16)6/h15-17,23H,9-12H2,1-8H3/t15-,16+,17-,21+/m1/s1. The van der Waals surface area contributed by atoms with Crippen LogP contribution in [0.15, 0.2) is 11.1 Å². The summed E-state index contributed by atoms with van der Waals surface area (Å²) in [4.78, 5) is 13.1. The van der Waals surface area contributed by atoms with Crippen molar-refractivity contribution in [1.29, 1.82) is 0 Å². The lowest BCUT2D eigenvalue weighted by Crippen LogP contribution is -2.45. The smallest absolute Gasteiger partial charge is 0.192 e. The molecule has 0 heterocycles. The van der Waals surface area contributed by atoms with Crippen molar-refractivity contribution in [1.82, 2.24) is 0 Å². The van der Waals surface area contributed by atoms with Gasteiger partial charge in [-0.05, 0) is 54.1 Å². The third kappa shape index (κ3) is 2.71. The summed E-state index contributed by atoms with van der Waals surface area (Å²) in [5.74, 6) is 0.522. The molecule has 0 unspecified atom stereocenters. The van der Waals surface area contributed by atoms with Gasteiger partial charge >= 0.3 is 0 Å². The number of carbonyl (C=O) groups excluding carboxylic acids is 1. The summed E-state index contributed by atoms with van der Waals surface area (Å²) in [6.45, 7) is 17.8. The lowest BCUT2D eigenvalue weighted by molar-refractivity contribution is -0.120. The van der Waals surface area contributed by atoms with Gasteiger partial charge in [0.05, 0.1) is 12.2 Å². The van der Waals surface area contributed by atoms with Crippen molar-refractivity contribution in [3.05, 3.63) is 11.1 Å². The number of aliphatic hydroxyl groups excluding tert-OH is 1. The van der Waals surface area contributed by atoms with E-state index < -0.39 is 8.32 Å². The van der Waals surface area contributed by atoms with Crippen LogP contribution in [-0.2, 0) is 9.22 Å². The van der Waals surface area contributed by atoms with E-state index in [0.717, 1.165) is 24.8 Å². The summed E-state index contributed by atoms with van der Waals surface area (Å²) in [5.41, 5.74) is 2.05. The lowest BCUT2D eigenvalue weighted by Gasteiger charge is -2.43. The highest BCUT2D eigenvalue weighted by Gasteiger charge is 2.61. The Labute approximate surface area is 154 Å². The molecule has 3 nitrogen and oxygen atoms in total. The molecule has 1 N–H and O–H groups in total. The maximum atomic E-state index is 13.1. The lowest BCUT2D eigenvalue weighted by atomic mass is 9.61. The van der Waals surface area contributed by atoms with Crippen molar-refractivity contribution in [2.75, 3.05) is 0 Å². The molecular formula is C21H36O3Si. The molecule has 0 spiro atoms. The van der Waals surface area contributed by atoms with Crippen LogP contribution in [0.2, 0.25) is 18.1 Å². The molecule has 1 fully saturated rings. The molecule has 3 aliphatic rings. The number of rotatable bonds is 2. The number of aliphatic hydroxyl groups is 1. The van der Waals surface area contributed by atoms with E-state index in [0.29, 0.717) is 6.42 Å². The maximum Gasteiger partial charge on any atom is 0.192 e. The molecule has 0 aromatic rings. The van der Waals surface area contributed by atoms with Crippen molar-refractivity contribution >= 4 is 14.1 Å². The van der Waals surface area contributed by atoms with E-state index in [1.54, 1.807) is 0 Å². The Morgan fingerprint density at radius 3 is 2.36 bits per heavy atom. The largest absolute Gasteiger partial charge is 0.410 e. The Morgan fingerprint density at radius 2 is 1.80 bits per heavy atom. The second-order valence-corrected chi connectivity index (χ2v) is 15.7. The molecule has 25 heavy (non-hydrogen) atoms. The van der Waals surface area contributed by atoms with Crippen LogP contribution in [0.25, 0.3) is 0 Å². The Kier molecular flexibility index (Phi) is 4.27. The van der Waals surface area contributed by atoms with Gasteiger partial charge in [0.15, 0.2) is 14.1 Å². The summed E-state index contributed by atoms with van der Waals surface area (Å²) in [5, 5.41) is 10.8. The number of ketones is 1. The molecular weight excluding hydrogens is 328 g/mol. The predicted octanol–water partition coefficient (Wildman–Crippen LogP) is 4.85. The van der Waals surface area contributed by atoms with Crippen LogP contribution in [0.1, 0.15) is 67.2 Å². The fourth-order valence-electron chi connectivity index (χ4n) is 5.32. The van der Waals surface area contributed by atoms with Gasteiger partial charge < -0.3 is 9.53 Å². The van der Waals surface area contributed by atoms with Crippen LogP contribution in [0.5, 0.6) is 0 Å². The van der Waals surface area contributed by atoms with E-state index in [4.69, 9.17) is 4.43 Å². The van der Waals surface area contributed by atoms with Crippen molar-refractivity contribution in [2.45, 2.75) is 97.6 Å². The molecule has 0 aromatic heterocycles. The summed E-state index contributed by atoms with van der Waals surface area (Å²) in [6, 6.07) is 0. The van der Waals surface area contributed by atoms with Crippen molar-refractivity contribution < 1.29 is 14.3 Å². The zero-order valence-electron chi connectivity index (χ0n) is 17.3. The summed E-state index contributed by atoms with van der Waals surface area (Å²) < 4.78 is 6.67. The van der Waals surface area contributed by atoms with Crippen LogP contribution in [0.4, 0.5) is 0 Å². The molecule has 0 amide bonds. The molecule has 3 rings (SSSR count). The van der Waals surface area contributed by atoms with Crippen LogP contribution in [-0.4, -0.2) is 31.4 Å². The molecule has 0 radical (unpaired) electrons. The highest BCUT2D eigenvalue weighted by molar-refractivity contribution is 6.74. The van der Waals surface area contributed by atoms with E-state index in [9.17, 15) is 9.90 Å². The highest BCUT2D eigenvalue weighted by Crippen LogP contribution is 2.64. The monoisotopic (exact) mass is 364 g/mol. The van der Waals surface area contributed by atoms with Crippen molar-refractivity contribution in [3.8, 4) is 0 Å². The number of fused-ring (bicyclic) bond motifs is 2. The first kappa shape index (κ1) is 19.3. The molecule has 0 aromatic carbocycles. The highest BCUT2D eigenvalue weighted by atomic mass is 28.4. The van der Waals surface area contributed by atoms with E-state index >= 15 is 0 Å². The topological polar surface area (TPSA) is 46.5 Å². The van der Waals surface area contributed by atoms with Crippen LogP contribution in [0, 0.1) is 16.7 Å².